The molecule has 0 unspecified atom stereocenters. The fourth-order valence-electron chi connectivity index (χ4n) is 4.12. The van der Waals surface area contributed by atoms with Gasteiger partial charge in [-0.3, -0.25) is 14.5 Å². The molecule has 21 heavy (non-hydrogen) atoms. The van der Waals surface area contributed by atoms with Crippen molar-refractivity contribution in [1.82, 2.24) is 15.1 Å². The van der Waals surface area contributed by atoms with E-state index < -0.39 is 0 Å². The van der Waals surface area contributed by atoms with E-state index in [0.717, 1.165) is 45.3 Å². The third kappa shape index (κ3) is 2.80. The van der Waals surface area contributed by atoms with Crippen LogP contribution >= 0.6 is 0 Å². The maximum absolute atomic E-state index is 12.3. The SMILES string of the molecule is CNC(=O)CN1CCCC12CCN(C(=O)C1CCC1)CC2. The summed E-state index contributed by atoms with van der Waals surface area (Å²) in [5.41, 5.74) is 0.170. The second-order valence-corrected chi connectivity index (χ2v) is 6.88. The van der Waals surface area contributed by atoms with Crippen molar-refractivity contribution in [3.05, 3.63) is 0 Å². The Kier molecular flexibility index (Phi) is 4.20. The van der Waals surface area contributed by atoms with Crippen molar-refractivity contribution in [2.45, 2.75) is 50.5 Å². The highest BCUT2D eigenvalue weighted by Gasteiger charge is 2.44. The molecule has 2 saturated heterocycles. The summed E-state index contributed by atoms with van der Waals surface area (Å²) in [4.78, 5) is 28.5. The summed E-state index contributed by atoms with van der Waals surface area (Å²) in [6.07, 6.45) is 7.80. The summed E-state index contributed by atoms with van der Waals surface area (Å²) in [5, 5.41) is 2.73. The van der Waals surface area contributed by atoms with Gasteiger partial charge >= 0.3 is 0 Å². The Morgan fingerprint density at radius 3 is 2.38 bits per heavy atom. The Balaban J connectivity index is 1.58. The smallest absolute Gasteiger partial charge is 0.233 e. The van der Waals surface area contributed by atoms with Crippen LogP contribution in [0.4, 0.5) is 0 Å². The van der Waals surface area contributed by atoms with E-state index in [1.54, 1.807) is 7.05 Å². The first-order valence-electron chi connectivity index (χ1n) is 8.39. The molecule has 0 bridgehead atoms. The van der Waals surface area contributed by atoms with Crippen LogP contribution in [0.1, 0.15) is 44.9 Å². The molecule has 0 aromatic carbocycles. The van der Waals surface area contributed by atoms with Crippen molar-refractivity contribution in [2.24, 2.45) is 5.92 Å². The van der Waals surface area contributed by atoms with Gasteiger partial charge in [-0.2, -0.15) is 0 Å². The Bertz CT molecular complexity index is 412. The fourth-order valence-corrected chi connectivity index (χ4v) is 4.12. The van der Waals surface area contributed by atoms with E-state index in [1.807, 2.05) is 0 Å². The zero-order valence-electron chi connectivity index (χ0n) is 13.1. The first kappa shape index (κ1) is 14.8. The minimum atomic E-state index is 0.101. The first-order chi connectivity index (χ1) is 10.1. The fraction of sp³-hybridized carbons (Fsp3) is 0.875. The van der Waals surface area contributed by atoms with Gasteiger partial charge in [-0.25, -0.2) is 0 Å². The van der Waals surface area contributed by atoms with E-state index in [2.05, 4.69) is 15.1 Å². The van der Waals surface area contributed by atoms with Crippen LogP contribution in [0.15, 0.2) is 0 Å². The van der Waals surface area contributed by atoms with E-state index in [-0.39, 0.29) is 11.4 Å². The van der Waals surface area contributed by atoms with Crippen molar-refractivity contribution in [3.8, 4) is 0 Å². The largest absolute Gasteiger partial charge is 0.358 e. The summed E-state index contributed by atoms with van der Waals surface area (Å²) in [6.45, 7) is 3.27. The Labute approximate surface area is 127 Å². The molecule has 0 aromatic heterocycles. The van der Waals surface area contributed by atoms with Gasteiger partial charge in [-0.05, 0) is 45.1 Å². The monoisotopic (exact) mass is 293 g/mol. The molecule has 1 saturated carbocycles. The molecule has 1 aliphatic carbocycles. The topological polar surface area (TPSA) is 52.7 Å². The molecule has 1 spiro atoms. The van der Waals surface area contributed by atoms with Crippen LogP contribution < -0.4 is 5.32 Å². The lowest BCUT2D eigenvalue weighted by Crippen LogP contribution is -2.56. The molecule has 3 rings (SSSR count). The highest BCUT2D eigenvalue weighted by atomic mass is 16.2. The second kappa shape index (κ2) is 5.95. The average molecular weight is 293 g/mol. The zero-order chi connectivity index (χ0) is 14.9. The summed E-state index contributed by atoms with van der Waals surface area (Å²) < 4.78 is 0. The van der Waals surface area contributed by atoms with Crippen LogP contribution in [0, 0.1) is 5.92 Å². The van der Waals surface area contributed by atoms with E-state index in [1.165, 1.54) is 19.3 Å². The highest BCUT2D eigenvalue weighted by molar-refractivity contribution is 5.80. The molecule has 0 aromatic rings. The molecule has 1 N–H and O–H groups in total. The minimum Gasteiger partial charge on any atom is -0.358 e. The number of carbonyl (C=O) groups excluding carboxylic acids is 2. The summed E-state index contributed by atoms with van der Waals surface area (Å²) in [5.74, 6) is 0.792. The summed E-state index contributed by atoms with van der Waals surface area (Å²) >= 11 is 0. The minimum absolute atomic E-state index is 0.101. The quantitative estimate of drug-likeness (QED) is 0.844. The molecule has 5 nitrogen and oxygen atoms in total. The number of nitrogens with one attached hydrogen (secondary N) is 1. The molecule has 0 radical (unpaired) electrons. The van der Waals surface area contributed by atoms with Crippen molar-refractivity contribution in [1.29, 1.82) is 0 Å². The number of hydrogen-bond acceptors (Lipinski definition) is 3. The number of rotatable bonds is 3. The van der Waals surface area contributed by atoms with Crippen molar-refractivity contribution in [3.63, 3.8) is 0 Å². The number of nitrogens with zero attached hydrogens (tertiary/aromatic N) is 2. The van der Waals surface area contributed by atoms with Crippen LogP contribution in [0.25, 0.3) is 0 Å². The maximum Gasteiger partial charge on any atom is 0.233 e. The zero-order valence-corrected chi connectivity index (χ0v) is 13.1. The number of piperidine rings is 1. The average Bonchev–Trinajstić information content (AvgIpc) is 2.80. The number of likely N-dealkylation sites (tertiary alicyclic amines) is 2. The van der Waals surface area contributed by atoms with E-state index in [9.17, 15) is 9.59 Å². The van der Waals surface area contributed by atoms with Gasteiger partial charge in [0.25, 0.3) is 0 Å². The van der Waals surface area contributed by atoms with Crippen molar-refractivity contribution in [2.75, 3.05) is 33.2 Å². The van der Waals surface area contributed by atoms with Crippen molar-refractivity contribution >= 4 is 11.8 Å². The van der Waals surface area contributed by atoms with Crippen LogP contribution in [0.5, 0.6) is 0 Å². The van der Waals surface area contributed by atoms with Gasteiger partial charge in [0, 0.05) is 31.6 Å². The number of amides is 2. The predicted octanol–water partition coefficient (Wildman–Crippen LogP) is 0.989. The third-order valence-corrected chi connectivity index (χ3v) is 5.81. The lowest BCUT2D eigenvalue weighted by Gasteiger charge is -2.46. The van der Waals surface area contributed by atoms with E-state index in [0.29, 0.717) is 18.4 Å². The molecule has 2 amide bonds. The molecule has 118 valence electrons. The van der Waals surface area contributed by atoms with E-state index in [4.69, 9.17) is 0 Å². The number of hydrogen-bond donors (Lipinski definition) is 1. The van der Waals surface area contributed by atoms with E-state index >= 15 is 0 Å². The second-order valence-electron chi connectivity index (χ2n) is 6.88. The van der Waals surface area contributed by atoms with Gasteiger partial charge < -0.3 is 10.2 Å². The van der Waals surface area contributed by atoms with Crippen LogP contribution in [0.2, 0.25) is 0 Å². The standard InChI is InChI=1S/C16H27N3O2/c1-17-14(20)12-19-9-3-6-16(19)7-10-18(11-8-16)15(21)13-4-2-5-13/h13H,2-12H2,1H3,(H,17,20). The van der Waals surface area contributed by atoms with Gasteiger partial charge in [0.05, 0.1) is 6.54 Å². The predicted molar refractivity (Wildman–Crippen MR) is 80.8 cm³/mol. The highest BCUT2D eigenvalue weighted by Crippen LogP contribution is 2.39. The Hall–Kier alpha value is -1.10. The van der Waals surface area contributed by atoms with Gasteiger partial charge in [0.2, 0.25) is 11.8 Å². The van der Waals surface area contributed by atoms with Crippen molar-refractivity contribution < 1.29 is 9.59 Å². The maximum atomic E-state index is 12.3. The lowest BCUT2D eigenvalue weighted by molar-refractivity contribution is -0.141. The number of likely N-dealkylation sites (N-methyl/N-ethyl adjacent to an activating group) is 1. The first-order valence-corrected chi connectivity index (χ1v) is 8.39. The number of carbonyl (C=O) groups is 2. The Morgan fingerprint density at radius 2 is 1.81 bits per heavy atom. The molecular weight excluding hydrogens is 266 g/mol. The van der Waals surface area contributed by atoms with Gasteiger partial charge in [0.1, 0.15) is 0 Å². The summed E-state index contributed by atoms with van der Waals surface area (Å²) in [6, 6.07) is 0. The van der Waals surface area contributed by atoms with Crippen LogP contribution in [0.3, 0.4) is 0 Å². The molecular formula is C16H27N3O2. The van der Waals surface area contributed by atoms with Gasteiger partial charge in [-0.15, -0.1) is 0 Å². The molecule has 2 heterocycles. The van der Waals surface area contributed by atoms with Crippen LogP contribution in [-0.2, 0) is 9.59 Å². The van der Waals surface area contributed by atoms with Gasteiger partial charge in [0.15, 0.2) is 0 Å². The molecule has 3 aliphatic rings. The van der Waals surface area contributed by atoms with Crippen LogP contribution in [-0.4, -0.2) is 60.4 Å². The molecule has 2 aliphatic heterocycles. The molecule has 0 atom stereocenters. The lowest BCUT2D eigenvalue weighted by atomic mass is 9.81. The molecule has 3 fully saturated rings. The Morgan fingerprint density at radius 1 is 1.10 bits per heavy atom. The summed E-state index contributed by atoms with van der Waals surface area (Å²) in [7, 11) is 1.70. The normalized spacial score (nSPS) is 25.9. The third-order valence-electron chi connectivity index (χ3n) is 5.81. The van der Waals surface area contributed by atoms with Gasteiger partial charge in [-0.1, -0.05) is 6.42 Å². The molecule has 5 heteroatoms.